The number of nitrogens with one attached hydrogen (secondary N) is 1. The van der Waals surface area contributed by atoms with E-state index in [2.05, 4.69) is 18.3 Å². The Morgan fingerprint density at radius 1 is 1.45 bits per heavy atom. The molecule has 0 saturated heterocycles. The third kappa shape index (κ3) is 2.24. The SMILES string of the molecule is Cc1ccsc1[C@@H]1C[C@H]1C(=O)N[C@@](C)(C(=O)O)C1CC1. The quantitative estimate of drug-likeness (QED) is 0.876. The van der Waals surface area contributed by atoms with E-state index >= 15 is 0 Å². The fraction of sp³-hybridized carbons (Fsp3) is 0.600. The molecule has 1 amide bonds. The number of aliphatic carboxylic acids is 1. The number of rotatable bonds is 5. The molecule has 2 fully saturated rings. The highest BCUT2D eigenvalue weighted by molar-refractivity contribution is 7.10. The normalized spacial score (nSPS) is 27.7. The summed E-state index contributed by atoms with van der Waals surface area (Å²) in [5.74, 6) is -0.695. The van der Waals surface area contributed by atoms with Crippen LogP contribution in [0, 0.1) is 18.8 Å². The van der Waals surface area contributed by atoms with Crippen molar-refractivity contribution in [1.29, 1.82) is 0 Å². The van der Waals surface area contributed by atoms with Crippen molar-refractivity contribution in [2.45, 2.75) is 44.6 Å². The number of carboxylic acid groups (broad SMARTS) is 1. The summed E-state index contributed by atoms with van der Waals surface area (Å²) in [5, 5.41) is 14.2. The van der Waals surface area contributed by atoms with Crippen LogP contribution in [-0.4, -0.2) is 22.5 Å². The van der Waals surface area contributed by atoms with Crippen LogP contribution in [0.3, 0.4) is 0 Å². The maximum Gasteiger partial charge on any atom is 0.329 e. The number of carbonyl (C=O) groups excluding carboxylic acids is 1. The van der Waals surface area contributed by atoms with Gasteiger partial charge in [0.1, 0.15) is 5.54 Å². The van der Waals surface area contributed by atoms with E-state index in [0.717, 1.165) is 19.3 Å². The van der Waals surface area contributed by atoms with Gasteiger partial charge in [0.05, 0.1) is 0 Å². The molecule has 108 valence electrons. The smallest absolute Gasteiger partial charge is 0.329 e. The minimum absolute atomic E-state index is 0.0511. The molecular weight excluding hydrogens is 274 g/mol. The van der Waals surface area contributed by atoms with Crippen molar-refractivity contribution < 1.29 is 14.7 Å². The van der Waals surface area contributed by atoms with Gasteiger partial charge in [0, 0.05) is 16.7 Å². The van der Waals surface area contributed by atoms with Crippen LogP contribution in [0.25, 0.3) is 0 Å². The van der Waals surface area contributed by atoms with E-state index in [0.29, 0.717) is 0 Å². The lowest BCUT2D eigenvalue weighted by Gasteiger charge is -2.26. The van der Waals surface area contributed by atoms with E-state index in [1.807, 2.05) is 5.38 Å². The van der Waals surface area contributed by atoms with Crippen molar-refractivity contribution in [3.05, 3.63) is 21.9 Å². The van der Waals surface area contributed by atoms with Gasteiger partial charge in [-0.3, -0.25) is 4.79 Å². The number of hydrogen-bond acceptors (Lipinski definition) is 3. The van der Waals surface area contributed by atoms with Crippen LogP contribution in [0.4, 0.5) is 0 Å². The van der Waals surface area contributed by atoms with Gasteiger partial charge >= 0.3 is 5.97 Å². The molecule has 2 saturated carbocycles. The molecule has 1 aromatic heterocycles. The lowest BCUT2D eigenvalue weighted by atomic mass is 9.95. The molecule has 0 spiro atoms. The van der Waals surface area contributed by atoms with Crippen LogP contribution in [0.2, 0.25) is 0 Å². The van der Waals surface area contributed by atoms with Crippen LogP contribution in [0.1, 0.15) is 42.5 Å². The van der Waals surface area contributed by atoms with Gasteiger partial charge in [0.2, 0.25) is 5.91 Å². The van der Waals surface area contributed by atoms with E-state index < -0.39 is 11.5 Å². The Morgan fingerprint density at radius 2 is 2.15 bits per heavy atom. The Bertz CT molecular complexity index is 563. The molecule has 1 aromatic rings. The Balaban J connectivity index is 1.66. The number of thiophene rings is 1. The Kier molecular flexibility index (Phi) is 3.12. The summed E-state index contributed by atoms with van der Waals surface area (Å²) in [4.78, 5) is 25.0. The van der Waals surface area contributed by atoms with E-state index in [-0.39, 0.29) is 23.7 Å². The molecular formula is C15H19NO3S. The predicted octanol–water partition coefficient (Wildman–Crippen LogP) is 2.53. The van der Waals surface area contributed by atoms with Crippen molar-refractivity contribution >= 4 is 23.2 Å². The van der Waals surface area contributed by atoms with Crippen LogP contribution in [0.15, 0.2) is 11.4 Å². The highest BCUT2D eigenvalue weighted by Gasteiger charge is 2.52. The fourth-order valence-corrected chi connectivity index (χ4v) is 3.99. The van der Waals surface area contributed by atoms with Crippen molar-refractivity contribution in [1.82, 2.24) is 5.32 Å². The average molecular weight is 293 g/mol. The molecule has 0 radical (unpaired) electrons. The number of amides is 1. The van der Waals surface area contributed by atoms with Gasteiger partial charge in [-0.15, -0.1) is 11.3 Å². The molecule has 0 unspecified atom stereocenters. The molecule has 2 aliphatic carbocycles. The van der Waals surface area contributed by atoms with Crippen LogP contribution < -0.4 is 5.32 Å². The lowest BCUT2D eigenvalue weighted by molar-refractivity contribution is -0.148. The molecule has 0 aliphatic heterocycles. The molecule has 5 heteroatoms. The maximum absolute atomic E-state index is 12.3. The van der Waals surface area contributed by atoms with E-state index in [4.69, 9.17) is 0 Å². The van der Waals surface area contributed by atoms with E-state index in [9.17, 15) is 14.7 Å². The largest absolute Gasteiger partial charge is 0.480 e. The first-order chi connectivity index (χ1) is 9.43. The van der Waals surface area contributed by atoms with Crippen LogP contribution in [0.5, 0.6) is 0 Å². The van der Waals surface area contributed by atoms with Crippen LogP contribution in [-0.2, 0) is 9.59 Å². The van der Waals surface area contributed by atoms with E-state index in [1.54, 1.807) is 18.3 Å². The second-order valence-corrected chi connectivity index (χ2v) is 7.14. The second kappa shape index (κ2) is 4.58. The van der Waals surface area contributed by atoms with Gasteiger partial charge in [-0.2, -0.15) is 0 Å². The van der Waals surface area contributed by atoms with Gasteiger partial charge in [-0.1, -0.05) is 0 Å². The molecule has 1 heterocycles. The van der Waals surface area contributed by atoms with Crippen molar-refractivity contribution in [2.24, 2.45) is 11.8 Å². The van der Waals surface area contributed by atoms with Gasteiger partial charge < -0.3 is 10.4 Å². The first kappa shape index (κ1) is 13.6. The third-order valence-electron chi connectivity index (χ3n) is 4.59. The topological polar surface area (TPSA) is 66.4 Å². The number of hydrogen-bond donors (Lipinski definition) is 2. The van der Waals surface area contributed by atoms with Gasteiger partial charge in [0.25, 0.3) is 0 Å². The fourth-order valence-electron chi connectivity index (χ4n) is 2.88. The van der Waals surface area contributed by atoms with Gasteiger partial charge in [-0.05, 0) is 56.0 Å². The second-order valence-electron chi connectivity index (χ2n) is 6.19. The highest BCUT2D eigenvalue weighted by atomic mass is 32.1. The van der Waals surface area contributed by atoms with Gasteiger partial charge in [0.15, 0.2) is 0 Å². The molecule has 2 N–H and O–H groups in total. The molecule has 4 nitrogen and oxygen atoms in total. The summed E-state index contributed by atoms with van der Waals surface area (Å²) >= 11 is 1.69. The zero-order valence-electron chi connectivity index (χ0n) is 11.7. The highest BCUT2D eigenvalue weighted by Crippen LogP contribution is 2.51. The molecule has 3 atom stereocenters. The summed E-state index contributed by atoms with van der Waals surface area (Å²) in [7, 11) is 0. The standard InChI is InChI=1S/C15H19NO3S/c1-8-5-6-20-12(8)10-7-11(10)13(17)16-15(2,14(18)19)9-3-4-9/h5-6,9-11H,3-4,7H2,1-2H3,(H,16,17)(H,18,19)/t10-,11-,15-/m1/s1. The van der Waals surface area contributed by atoms with Crippen molar-refractivity contribution in [2.75, 3.05) is 0 Å². The van der Waals surface area contributed by atoms with Crippen molar-refractivity contribution in [3.63, 3.8) is 0 Å². The maximum atomic E-state index is 12.3. The molecule has 0 aromatic carbocycles. The minimum Gasteiger partial charge on any atom is -0.480 e. The first-order valence-corrected chi connectivity index (χ1v) is 7.91. The predicted molar refractivity (Wildman–Crippen MR) is 76.8 cm³/mol. The molecule has 20 heavy (non-hydrogen) atoms. The lowest BCUT2D eigenvalue weighted by Crippen LogP contribution is -2.54. The monoisotopic (exact) mass is 293 g/mol. The molecule has 3 rings (SSSR count). The molecule has 2 aliphatic rings. The summed E-state index contributed by atoms with van der Waals surface area (Å²) in [6.45, 7) is 3.70. The number of carbonyl (C=O) groups is 2. The summed E-state index contributed by atoms with van der Waals surface area (Å²) in [5.41, 5.74) is 0.146. The summed E-state index contributed by atoms with van der Waals surface area (Å²) in [6, 6.07) is 2.07. The number of aryl methyl sites for hydroxylation is 1. The first-order valence-electron chi connectivity index (χ1n) is 7.03. The number of carboxylic acids is 1. The summed E-state index contributed by atoms with van der Waals surface area (Å²) in [6.07, 6.45) is 2.62. The van der Waals surface area contributed by atoms with E-state index in [1.165, 1.54) is 10.4 Å². The van der Waals surface area contributed by atoms with Crippen molar-refractivity contribution in [3.8, 4) is 0 Å². The third-order valence-corrected chi connectivity index (χ3v) is 5.74. The Morgan fingerprint density at radius 3 is 2.65 bits per heavy atom. The minimum atomic E-state index is -1.09. The molecule has 0 bridgehead atoms. The van der Waals surface area contributed by atoms with Crippen LogP contribution >= 0.6 is 11.3 Å². The average Bonchev–Trinajstić information content (AvgIpc) is 3.28. The summed E-state index contributed by atoms with van der Waals surface area (Å²) < 4.78 is 0. The Labute approximate surface area is 122 Å². The van der Waals surface area contributed by atoms with Gasteiger partial charge in [-0.25, -0.2) is 4.79 Å². The zero-order chi connectivity index (χ0) is 14.5. The zero-order valence-corrected chi connectivity index (χ0v) is 12.5. The Hall–Kier alpha value is -1.36.